The highest BCUT2D eigenvalue weighted by atomic mass is 32.2. The number of nitrogens with zero attached hydrogens (tertiary/aromatic N) is 1. The molecule has 88 valence electrons. The second kappa shape index (κ2) is 5.12. The summed E-state index contributed by atoms with van der Waals surface area (Å²) in [6.45, 7) is 5.09. The van der Waals surface area contributed by atoms with Gasteiger partial charge in [-0.3, -0.25) is 4.90 Å². The van der Waals surface area contributed by atoms with Gasteiger partial charge < -0.3 is 0 Å². The predicted molar refractivity (Wildman–Crippen MR) is 63.7 cm³/mol. The highest BCUT2D eigenvalue weighted by Crippen LogP contribution is 2.16. The summed E-state index contributed by atoms with van der Waals surface area (Å²) in [6.07, 6.45) is 3.76. The van der Waals surface area contributed by atoms with Crippen LogP contribution in [0.25, 0.3) is 0 Å². The Kier molecular flexibility index (Phi) is 4.34. The van der Waals surface area contributed by atoms with Crippen molar-refractivity contribution in [3.05, 3.63) is 11.6 Å². The molecular formula is C11H21NO2S. The molecular weight excluding hydrogens is 210 g/mol. The second-order valence-corrected chi connectivity index (χ2v) is 6.91. The molecule has 1 rings (SSSR count). The van der Waals surface area contributed by atoms with E-state index in [-0.39, 0.29) is 0 Å². The summed E-state index contributed by atoms with van der Waals surface area (Å²) in [4.78, 5) is 2.25. The van der Waals surface area contributed by atoms with E-state index in [1.165, 1.54) is 5.57 Å². The smallest absolute Gasteiger partial charge is 0.150 e. The molecule has 1 aliphatic heterocycles. The summed E-state index contributed by atoms with van der Waals surface area (Å²) in [5.41, 5.74) is 1.31. The van der Waals surface area contributed by atoms with Crippen LogP contribution >= 0.6 is 0 Å². The lowest BCUT2D eigenvalue weighted by Crippen LogP contribution is -2.39. The number of hydrogen-bond acceptors (Lipinski definition) is 3. The van der Waals surface area contributed by atoms with Gasteiger partial charge in [-0.2, -0.15) is 0 Å². The first-order valence-electron chi connectivity index (χ1n) is 5.45. The molecule has 0 aromatic rings. The Balaban J connectivity index is 2.43. The lowest BCUT2D eigenvalue weighted by molar-refractivity contribution is 0.248. The molecule has 0 atom stereocenters. The van der Waals surface area contributed by atoms with Crippen molar-refractivity contribution in [2.75, 3.05) is 25.1 Å². The van der Waals surface area contributed by atoms with Crippen LogP contribution in [0.5, 0.6) is 0 Å². The van der Waals surface area contributed by atoms with E-state index < -0.39 is 9.84 Å². The van der Waals surface area contributed by atoms with Gasteiger partial charge in [0.1, 0.15) is 9.84 Å². The van der Waals surface area contributed by atoms with Crippen molar-refractivity contribution < 1.29 is 8.42 Å². The van der Waals surface area contributed by atoms with E-state index in [4.69, 9.17) is 0 Å². The molecule has 0 aromatic carbocycles. The SMILES string of the molecule is CC(C)=CCN(C)C1CCS(=O)(=O)CC1. The van der Waals surface area contributed by atoms with Gasteiger partial charge in [0.25, 0.3) is 0 Å². The van der Waals surface area contributed by atoms with E-state index in [2.05, 4.69) is 31.9 Å². The van der Waals surface area contributed by atoms with E-state index in [0.29, 0.717) is 17.5 Å². The first-order valence-corrected chi connectivity index (χ1v) is 7.27. The van der Waals surface area contributed by atoms with E-state index in [9.17, 15) is 8.42 Å². The van der Waals surface area contributed by atoms with E-state index in [0.717, 1.165) is 19.4 Å². The van der Waals surface area contributed by atoms with Crippen LogP contribution in [0.2, 0.25) is 0 Å². The maximum absolute atomic E-state index is 11.3. The summed E-state index contributed by atoms with van der Waals surface area (Å²) in [7, 11) is -0.651. The second-order valence-electron chi connectivity index (χ2n) is 4.60. The number of allylic oxidation sites excluding steroid dienone is 1. The number of sulfone groups is 1. The molecule has 0 saturated carbocycles. The summed E-state index contributed by atoms with van der Waals surface area (Å²) in [5.74, 6) is 0.716. The van der Waals surface area contributed by atoms with Gasteiger partial charge >= 0.3 is 0 Å². The van der Waals surface area contributed by atoms with Crippen LogP contribution in [0.3, 0.4) is 0 Å². The van der Waals surface area contributed by atoms with Crippen molar-refractivity contribution >= 4 is 9.84 Å². The molecule has 0 aromatic heterocycles. The zero-order valence-electron chi connectivity index (χ0n) is 9.86. The fourth-order valence-electron chi connectivity index (χ4n) is 1.79. The zero-order chi connectivity index (χ0) is 11.5. The minimum absolute atomic E-state index is 0.358. The quantitative estimate of drug-likeness (QED) is 0.690. The van der Waals surface area contributed by atoms with E-state index >= 15 is 0 Å². The minimum Gasteiger partial charge on any atom is -0.300 e. The zero-order valence-corrected chi connectivity index (χ0v) is 10.7. The Morgan fingerprint density at radius 1 is 1.33 bits per heavy atom. The minimum atomic E-state index is -2.72. The molecule has 1 aliphatic rings. The fourth-order valence-corrected chi connectivity index (χ4v) is 3.26. The van der Waals surface area contributed by atoms with Crippen LogP contribution in [0.1, 0.15) is 26.7 Å². The Morgan fingerprint density at radius 3 is 2.33 bits per heavy atom. The molecule has 15 heavy (non-hydrogen) atoms. The van der Waals surface area contributed by atoms with Crippen molar-refractivity contribution in [3.8, 4) is 0 Å². The molecule has 0 unspecified atom stereocenters. The maximum Gasteiger partial charge on any atom is 0.150 e. The van der Waals surface area contributed by atoms with Crippen LogP contribution in [-0.2, 0) is 9.84 Å². The number of rotatable bonds is 3. The maximum atomic E-state index is 11.3. The third kappa shape index (κ3) is 4.34. The highest BCUT2D eigenvalue weighted by Gasteiger charge is 2.25. The first kappa shape index (κ1) is 12.7. The van der Waals surface area contributed by atoms with Crippen LogP contribution in [0.4, 0.5) is 0 Å². The third-order valence-corrected chi connectivity index (χ3v) is 4.65. The van der Waals surface area contributed by atoms with Crippen molar-refractivity contribution in [1.29, 1.82) is 0 Å². The normalized spacial score (nSPS) is 21.6. The van der Waals surface area contributed by atoms with Gasteiger partial charge in [-0.05, 0) is 33.7 Å². The number of hydrogen-bond donors (Lipinski definition) is 0. The molecule has 0 spiro atoms. The van der Waals surface area contributed by atoms with Gasteiger partial charge in [0, 0.05) is 12.6 Å². The molecule has 1 saturated heterocycles. The molecule has 4 heteroatoms. The predicted octanol–water partition coefficient (Wildman–Crippen LogP) is 1.46. The van der Waals surface area contributed by atoms with Crippen LogP contribution < -0.4 is 0 Å². The van der Waals surface area contributed by atoms with Gasteiger partial charge in [-0.15, -0.1) is 0 Å². The molecule has 3 nitrogen and oxygen atoms in total. The molecule has 1 fully saturated rings. The number of likely N-dealkylation sites (N-methyl/N-ethyl adjacent to an activating group) is 1. The topological polar surface area (TPSA) is 37.4 Å². The average Bonchev–Trinajstić information content (AvgIpc) is 2.14. The van der Waals surface area contributed by atoms with Gasteiger partial charge in [-0.1, -0.05) is 11.6 Å². The van der Waals surface area contributed by atoms with Crippen LogP contribution in [0.15, 0.2) is 11.6 Å². The lowest BCUT2D eigenvalue weighted by Gasteiger charge is -2.30. The largest absolute Gasteiger partial charge is 0.300 e. The Morgan fingerprint density at radius 2 is 1.87 bits per heavy atom. The molecule has 0 amide bonds. The van der Waals surface area contributed by atoms with Gasteiger partial charge in [0.2, 0.25) is 0 Å². The summed E-state index contributed by atoms with van der Waals surface area (Å²) in [6, 6.07) is 0.434. The van der Waals surface area contributed by atoms with Crippen LogP contribution in [-0.4, -0.2) is 44.5 Å². The average molecular weight is 231 g/mol. The lowest BCUT2D eigenvalue weighted by atomic mass is 10.1. The third-order valence-electron chi connectivity index (χ3n) is 2.94. The highest BCUT2D eigenvalue weighted by molar-refractivity contribution is 7.91. The van der Waals surface area contributed by atoms with Gasteiger partial charge in [-0.25, -0.2) is 8.42 Å². The summed E-state index contributed by atoms with van der Waals surface area (Å²) in [5, 5.41) is 0. The summed E-state index contributed by atoms with van der Waals surface area (Å²) >= 11 is 0. The Labute approximate surface area is 93.1 Å². The molecule has 0 radical (unpaired) electrons. The monoisotopic (exact) mass is 231 g/mol. The van der Waals surface area contributed by atoms with Gasteiger partial charge in [0.05, 0.1) is 11.5 Å². The Bertz CT molecular complexity index is 314. The summed E-state index contributed by atoms with van der Waals surface area (Å²) < 4.78 is 22.5. The van der Waals surface area contributed by atoms with Crippen molar-refractivity contribution in [1.82, 2.24) is 4.90 Å². The van der Waals surface area contributed by atoms with Crippen molar-refractivity contribution in [2.24, 2.45) is 0 Å². The van der Waals surface area contributed by atoms with E-state index in [1.807, 2.05) is 0 Å². The van der Waals surface area contributed by atoms with E-state index in [1.54, 1.807) is 0 Å². The van der Waals surface area contributed by atoms with Crippen molar-refractivity contribution in [2.45, 2.75) is 32.7 Å². The molecule has 0 N–H and O–H groups in total. The van der Waals surface area contributed by atoms with Crippen LogP contribution in [0, 0.1) is 0 Å². The van der Waals surface area contributed by atoms with Gasteiger partial charge in [0.15, 0.2) is 0 Å². The first-order chi connectivity index (χ1) is 6.91. The molecule has 0 aliphatic carbocycles. The molecule has 1 heterocycles. The standard InChI is InChI=1S/C11H21NO2S/c1-10(2)4-7-12(3)11-5-8-15(13,14)9-6-11/h4,11H,5-9H2,1-3H3. The fraction of sp³-hybridized carbons (Fsp3) is 0.818. The molecule has 0 bridgehead atoms. The van der Waals surface area contributed by atoms with Crippen molar-refractivity contribution in [3.63, 3.8) is 0 Å². The Hall–Kier alpha value is -0.350.